The summed E-state index contributed by atoms with van der Waals surface area (Å²) in [5, 5.41) is 22.3. The van der Waals surface area contributed by atoms with Crippen molar-refractivity contribution in [2.75, 3.05) is 19.8 Å². The number of thiol groups is 1. The number of ether oxygens (including phenoxy) is 3. The Morgan fingerprint density at radius 1 is 1.40 bits per heavy atom. The maximum Gasteiger partial charge on any atom is 0.302 e. The molecule has 0 spiro atoms. The molecule has 9 heteroatoms. The zero-order valence-electron chi connectivity index (χ0n) is 15.2. The SMILES string of the molecule is CC(=O)NCC1(OCCC(C)(C)S)CC(OC(C)=O)C(O)C(CO)O1. The van der Waals surface area contributed by atoms with E-state index in [0.717, 1.165) is 0 Å². The second-order valence-electron chi connectivity index (χ2n) is 6.91. The van der Waals surface area contributed by atoms with E-state index in [1.54, 1.807) is 0 Å². The Morgan fingerprint density at radius 3 is 2.52 bits per heavy atom. The van der Waals surface area contributed by atoms with Crippen LogP contribution in [0.5, 0.6) is 0 Å². The summed E-state index contributed by atoms with van der Waals surface area (Å²) in [6.45, 7) is 6.24. The van der Waals surface area contributed by atoms with Crippen LogP contribution in [0, 0.1) is 0 Å². The number of hydrogen-bond acceptors (Lipinski definition) is 8. The zero-order valence-corrected chi connectivity index (χ0v) is 16.0. The van der Waals surface area contributed by atoms with Crippen LogP contribution < -0.4 is 5.32 Å². The van der Waals surface area contributed by atoms with Crippen LogP contribution in [0.2, 0.25) is 0 Å². The highest BCUT2D eigenvalue weighted by molar-refractivity contribution is 7.81. The molecule has 0 aromatic carbocycles. The third-order valence-electron chi connectivity index (χ3n) is 3.82. The van der Waals surface area contributed by atoms with E-state index in [9.17, 15) is 19.8 Å². The van der Waals surface area contributed by atoms with Crippen LogP contribution >= 0.6 is 12.6 Å². The van der Waals surface area contributed by atoms with Crippen molar-refractivity contribution in [2.24, 2.45) is 0 Å². The van der Waals surface area contributed by atoms with E-state index in [0.29, 0.717) is 6.42 Å². The number of rotatable bonds is 8. The fraction of sp³-hybridized carbons (Fsp3) is 0.875. The van der Waals surface area contributed by atoms with Crippen molar-refractivity contribution in [1.82, 2.24) is 5.32 Å². The highest BCUT2D eigenvalue weighted by Crippen LogP contribution is 2.33. The molecule has 3 N–H and O–H groups in total. The van der Waals surface area contributed by atoms with Gasteiger partial charge in [-0.25, -0.2) is 0 Å². The van der Waals surface area contributed by atoms with Gasteiger partial charge in [0.05, 0.1) is 19.8 Å². The summed E-state index contributed by atoms with van der Waals surface area (Å²) in [5.41, 5.74) is 0. The van der Waals surface area contributed by atoms with Crippen LogP contribution in [0.4, 0.5) is 0 Å². The molecule has 0 aliphatic carbocycles. The molecule has 1 saturated heterocycles. The van der Waals surface area contributed by atoms with Crippen LogP contribution in [0.3, 0.4) is 0 Å². The van der Waals surface area contributed by atoms with Crippen molar-refractivity contribution in [3.05, 3.63) is 0 Å². The minimum absolute atomic E-state index is 0.00365. The number of amides is 1. The van der Waals surface area contributed by atoms with Gasteiger partial charge in [-0.1, -0.05) is 13.8 Å². The first-order valence-corrected chi connectivity index (χ1v) is 8.67. The van der Waals surface area contributed by atoms with E-state index >= 15 is 0 Å². The molecule has 0 radical (unpaired) electrons. The lowest BCUT2D eigenvalue weighted by atomic mass is 9.95. The van der Waals surface area contributed by atoms with Gasteiger partial charge in [0.25, 0.3) is 0 Å². The van der Waals surface area contributed by atoms with Gasteiger partial charge in [-0.2, -0.15) is 12.6 Å². The van der Waals surface area contributed by atoms with E-state index in [4.69, 9.17) is 14.2 Å². The summed E-state index contributed by atoms with van der Waals surface area (Å²) in [5.74, 6) is -2.17. The minimum atomic E-state index is -1.32. The van der Waals surface area contributed by atoms with Gasteiger partial charge in [0, 0.05) is 25.0 Å². The lowest BCUT2D eigenvalue weighted by Gasteiger charge is -2.46. The predicted molar refractivity (Wildman–Crippen MR) is 93.2 cm³/mol. The van der Waals surface area contributed by atoms with Gasteiger partial charge < -0.3 is 29.7 Å². The lowest BCUT2D eigenvalue weighted by molar-refractivity contribution is -0.321. The molecule has 146 valence electrons. The van der Waals surface area contributed by atoms with Gasteiger partial charge in [-0.15, -0.1) is 0 Å². The van der Waals surface area contributed by atoms with Crippen LogP contribution in [-0.2, 0) is 23.8 Å². The zero-order chi connectivity index (χ0) is 19.3. The quantitative estimate of drug-likeness (QED) is 0.347. The molecule has 1 amide bonds. The normalized spacial score (nSPS) is 30.0. The molecule has 1 fully saturated rings. The summed E-state index contributed by atoms with van der Waals surface area (Å²) < 4.78 is 16.5. The summed E-state index contributed by atoms with van der Waals surface area (Å²) in [6.07, 6.45) is -2.48. The van der Waals surface area contributed by atoms with E-state index in [1.165, 1.54) is 13.8 Å². The number of carbonyl (C=O) groups excluding carboxylic acids is 2. The number of aliphatic hydroxyl groups excluding tert-OH is 2. The van der Waals surface area contributed by atoms with Crippen molar-refractivity contribution in [3.63, 3.8) is 0 Å². The van der Waals surface area contributed by atoms with Crippen molar-refractivity contribution >= 4 is 24.5 Å². The number of nitrogens with one attached hydrogen (secondary N) is 1. The topological polar surface area (TPSA) is 114 Å². The second kappa shape index (κ2) is 9.18. The number of aliphatic hydroxyl groups is 2. The van der Waals surface area contributed by atoms with E-state index < -0.39 is 36.7 Å². The van der Waals surface area contributed by atoms with Crippen molar-refractivity contribution in [2.45, 2.75) is 69.4 Å². The summed E-state index contributed by atoms with van der Waals surface area (Å²) >= 11 is 4.44. The van der Waals surface area contributed by atoms with Gasteiger partial charge in [-0.05, 0) is 6.42 Å². The van der Waals surface area contributed by atoms with Gasteiger partial charge in [0.15, 0.2) is 5.79 Å². The molecule has 1 rings (SSSR count). The number of hydrogen-bond donors (Lipinski definition) is 4. The smallest absolute Gasteiger partial charge is 0.302 e. The molecule has 4 atom stereocenters. The molecule has 1 aliphatic rings. The van der Waals surface area contributed by atoms with Crippen LogP contribution in [0.1, 0.15) is 40.5 Å². The van der Waals surface area contributed by atoms with Crippen LogP contribution in [0.25, 0.3) is 0 Å². The Morgan fingerprint density at radius 2 is 2.04 bits per heavy atom. The Hall–Kier alpha value is -0.870. The molecule has 1 aliphatic heterocycles. The first kappa shape index (κ1) is 22.2. The standard InChI is InChI=1S/C16H29NO7S/c1-10(19)17-9-16(22-6-5-15(3,4)25)7-12(23-11(2)20)14(21)13(8-18)24-16/h12-14,18,21,25H,5-9H2,1-4H3,(H,17,19). The number of carbonyl (C=O) groups is 2. The van der Waals surface area contributed by atoms with Crippen molar-refractivity contribution in [1.29, 1.82) is 0 Å². The Labute approximate surface area is 153 Å². The molecule has 0 aromatic rings. The fourth-order valence-electron chi connectivity index (χ4n) is 2.53. The molecule has 25 heavy (non-hydrogen) atoms. The molecule has 0 bridgehead atoms. The maximum absolute atomic E-state index is 11.3. The minimum Gasteiger partial charge on any atom is -0.459 e. The average molecular weight is 379 g/mol. The van der Waals surface area contributed by atoms with Crippen LogP contribution in [-0.4, -0.2) is 70.7 Å². The monoisotopic (exact) mass is 379 g/mol. The average Bonchev–Trinajstić information content (AvgIpc) is 2.47. The van der Waals surface area contributed by atoms with Gasteiger partial charge in [-0.3, -0.25) is 9.59 Å². The summed E-state index contributed by atoms with van der Waals surface area (Å²) in [7, 11) is 0. The van der Waals surface area contributed by atoms with Gasteiger partial charge >= 0.3 is 5.97 Å². The maximum atomic E-state index is 11.3. The van der Waals surface area contributed by atoms with Gasteiger partial charge in [0.2, 0.25) is 5.91 Å². The van der Waals surface area contributed by atoms with Crippen molar-refractivity contribution in [3.8, 4) is 0 Å². The molecule has 4 unspecified atom stereocenters. The predicted octanol–water partition coefficient (Wildman–Crippen LogP) is 0.00770. The second-order valence-corrected chi connectivity index (χ2v) is 8.12. The van der Waals surface area contributed by atoms with Gasteiger partial charge in [0.1, 0.15) is 18.3 Å². The Kier molecular flexibility index (Phi) is 8.14. The molecular formula is C16H29NO7S. The first-order valence-electron chi connectivity index (χ1n) is 8.23. The van der Waals surface area contributed by atoms with E-state index in [1.807, 2.05) is 13.8 Å². The largest absolute Gasteiger partial charge is 0.459 e. The number of esters is 1. The van der Waals surface area contributed by atoms with E-state index in [2.05, 4.69) is 17.9 Å². The third-order valence-corrected chi connectivity index (χ3v) is 4.05. The molecule has 0 aromatic heterocycles. The lowest BCUT2D eigenvalue weighted by Crippen LogP contribution is -2.61. The fourth-order valence-corrected chi connectivity index (χ4v) is 2.63. The van der Waals surface area contributed by atoms with Crippen LogP contribution in [0.15, 0.2) is 0 Å². The highest BCUT2D eigenvalue weighted by Gasteiger charge is 2.49. The molecule has 0 saturated carbocycles. The third kappa shape index (κ3) is 7.49. The summed E-state index contributed by atoms with van der Waals surface area (Å²) in [6, 6.07) is 0. The Balaban J connectivity index is 2.96. The first-order chi connectivity index (χ1) is 11.5. The summed E-state index contributed by atoms with van der Waals surface area (Å²) in [4.78, 5) is 22.6. The highest BCUT2D eigenvalue weighted by atomic mass is 32.1. The molecular weight excluding hydrogens is 350 g/mol. The molecule has 8 nitrogen and oxygen atoms in total. The molecule has 1 heterocycles. The van der Waals surface area contributed by atoms with Crippen molar-refractivity contribution < 1.29 is 34.0 Å². The Bertz CT molecular complexity index is 468. The van der Waals surface area contributed by atoms with E-state index in [-0.39, 0.29) is 30.2 Å².